The highest BCUT2D eigenvalue weighted by molar-refractivity contribution is 7.21. The van der Waals surface area contributed by atoms with Crippen molar-refractivity contribution in [3.8, 4) is 11.8 Å². The second-order valence-corrected chi connectivity index (χ2v) is 11.6. The van der Waals surface area contributed by atoms with Gasteiger partial charge in [-0.3, -0.25) is 9.69 Å². The minimum absolute atomic E-state index is 0.00308. The van der Waals surface area contributed by atoms with Crippen LogP contribution >= 0.6 is 22.9 Å². The number of benzene rings is 1. The largest absolute Gasteiger partial charge is 0.418 e. The Morgan fingerprint density at radius 2 is 2.05 bits per heavy atom. The molecule has 1 saturated heterocycles. The third-order valence-electron chi connectivity index (χ3n) is 7.12. The fourth-order valence-electron chi connectivity index (χ4n) is 5.05. The first kappa shape index (κ1) is 27.9. The molecule has 1 fully saturated rings. The molecule has 2 N–H and O–H groups in total. The molecule has 1 aromatic carbocycles. The number of anilines is 1. The van der Waals surface area contributed by atoms with Gasteiger partial charge in [-0.1, -0.05) is 0 Å². The van der Waals surface area contributed by atoms with Gasteiger partial charge in [-0.2, -0.15) is 4.98 Å². The summed E-state index contributed by atoms with van der Waals surface area (Å²) in [6.45, 7) is 3.23. The number of carbonyl (C=O) groups is 1. The fourth-order valence-corrected chi connectivity index (χ4v) is 6.26. The lowest BCUT2D eigenvalue weighted by Gasteiger charge is -2.32. The van der Waals surface area contributed by atoms with E-state index in [2.05, 4.69) is 35.5 Å². The number of likely N-dealkylation sites (tertiary alicyclic amines) is 1. The Hall–Kier alpha value is -3.26. The molecule has 10 nitrogen and oxygen atoms in total. The number of halogens is 3. The highest BCUT2D eigenvalue weighted by Gasteiger charge is 2.26. The Morgan fingerprint density at radius 1 is 1.22 bits per heavy atom. The molecule has 0 saturated carbocycles. The van der Waals surface area contributed by atoms with Crippen molar-refractivity contribution in [1.29, 1.82) is 0 Å². The molecular formula is C27H28ClF2N7O3S. The topological polar surface area (TPSA) is 114 Å². The number of piperidine rings is 1. The molecule has 4 aromatic rings. The van der Waals surface area contributed by atoms with Crippen LogP contribution in [0.25, 0.3) is 21.1 Å². The van der Waals surface area contributed by atoms with Crippen LogP contribution in [0.2, 0.25) is 5.28 Å². The average Bonchev–Trinajstić information content (AvgIpc) is 3.29. The molecule has 0 radical (unpaired) electrons. The van der Waals surface area contributed by atoms with E-state index in [1.807, 2.05) is 19.1 Å². The van der Waals surface area contributed by atoms with Crippen LogP contribution in [0.5, 0.6) is 11.8 Å². The van der Waals surface area contributed by atoms with E-state index in [1.165, 1.54) is 17.5 Å². The first-order valence-electron chi connectivity index (χ1n) is 13.4. The highest BCUT2D eigenvalue weighted by Crippen LogP contribution is 2.40. The maximum absolute atomic E-state index is 13.2. The first-order chi connectivity index (χ1) is 19.9. The van der Waals surface area contributed by atoms with Crippen LogP contribution in [0.15, 0.2) is 24.5 Å². The van der Waals surface area contributed by atoms with Crippen molar-refractivity contribution >= 4 is 55.7 Å². The molecule has 216 valence electrons. The molecule has 2 aliphatic rings. The molecule has 41 heavy (non-hydrogen) atoms. The van der Waals surface area contributed by atoms with Crippen LogP contribution in [0.1, 0.15) is 35.0 Å². The van der Waals surface area contributed by atoms with E-state index in [9.17, 15) is 13.6 Å². The van der Waals surface area contributed by atoms with E-state index >= 15 is 0 Å². The normalized spacial score (nSPS) is 19.0. The van der Waals surface area contributed by atoms with Crippen molar-refractivity contribution in [2.75, 3.05) is 38.2 Å². The zero-order chi connectivity index (χ0) is 28.5. The summed E-state index contributed by atoms with van der Waals surface area (Å²) < 4.78 is 38.1. The summed E-state index contributed by atoms with van der Waals surface area (Å²) in [6, 6.07) is 3.79. The van der Waals surface area contributed by atoms with Gasteiger partial charge in [0.1, 0.15) is 11.6 Å². The number of aromatic nitrogens is 4. The highest BCUT2D eigenvalue weighted by atomic mass is 35.5. The van der Waals surface area contributed by atoms with Gasteiger partial charge in [-0.25, -0.2) is 23.7 Å². The molecule has 1 unspecified atom stereocenters. The number of nitrogens with one attached hydrogen (secondary N) is 2. The van der Waals surface area contributed by atoms with Gasteiger partial charge in [0.2, 0.25) is 17.0 Å². The van der Waals surface area contributed by atoms with Gasteiger partial charge >= 0.3 is 0 Å². The number of rotatable bonds is 8. The maximum atomic E-state index is 13.2. The van der Waals surface area contributed by atoms with E-state index in [4.69, 9.17) is 21.1 Å². The molecule has 6 rings (SSSR count). The van der Waals surface area contributed by atoms with Gasteiger partial charge in [-0.15, -0.1) is 11.3 Å². The second kappa shape index (κ2) is 11.9. The molecular weight excluding hydrogens is 576 g/mol. The summed E-state index contributed by atoms with van der Waals surface area (Å²) in [7, 11) is 0. The number of alkyl halides is 2. The number of ether oxygens (including phenoxy) is 2. The van der Waals surface area contributed by atoms with E-state index in [0.29, 0.717) is 54.9 Å². The molecule has 1 amide bonds. The van der Waals surface area contributed by atoms with Crippen molar-refractivity contribution in [1.82, 2.24) is 30.2 Å². The van der Waals surface area contributed by atoms with Crippen molar-refractivity contribution in [2.45, 2.75) is 44.6 Å². The van der Waals surface area contributed by atoms with Gasteiger partial charge < -0.3 is 20.1 Å². The number of thiophene rings is 1. The SMILES string of the molecule is C[C@@H]1CNc2c(sc3ccc4nc(Oc5nc(Cl)ncc5CN5CCC(OCC(F)CF)CC5)cnc4c23)C(=O)N1. The Labute approximate surface area is 243 Å². The number of hydrogen-bond donors (Lipinski definition) is 2. The summed E-state index contributed by atoms with van der Waals surface area (Å²) in [5.41, 5.74) is 2.77. The lowest BCUT2D eigenvalue weighted by molar-refractivity contribution is -0.0206. The molecule has 0 aliphatic carbocycles. The molecule has 3 aromatic heterocycles. The molecule has 0 spiro atoms. The molecule has 2 atom stereocenters. The standard InChI is InChI=1S/C27H28ClF2N7O3S/c1-14-9-31-23-21-19(41-24(23)25(38)34-14)3-2-18-22(21)32-11-20(35-18)40-26-15(10-33-27(28)36-26)12-37-6-4-17(5-7-37)39-13-16(30)8-29/h2-3,10-11,14,16-17,31H,4-9,12-13H2,1H3,(H,34,38)/t14-,16?/m1/s1. The minimum atomic E-state index is -1.58. The van der Waals surface area contributed by atoms with Crippen LogP contribution in [-0.2, 0) is 11.3 Å². The zero-order valence-electron chi connectivity index (χ0n) is 22.2. The zero-order valence-corrected chi connectivity index (χ0v) is 23.8. The third-order valence-corrected chi connectivity index (χ3v) is 8.45. The monoisotopic (exact) mass is 603 g/mol. The van der Waals surface area contributed by atoms with Crippen molar-refractivity contribution in [2.24, 2.45) is 0 Å². The predicted molar refractivity (Wildman–Crippen MR) is 153 cm³/mol. The molecule has 14 heteroatoms. The van der Waals surface area contributed by atoms with E-state index < -0.39 is 12.8 Å². The predicted octanol–water partition coefficient (Wildman–Crippen LogP) is 4.91. The number of amides is 1. The van der Waals surface area contributed by atoms with Crippen molar-refractivity contribution in [3.05, 3.63) is 40.3 Å². The van der Waals surface area contributed by atoms with Gasteiger partial charge in [0.15, 0.2) is 6.17 Å². The Morgan fingerprint density at radius 3 is 2.85 bits per heavy atom. The summed E-state index contributed by atoms with van der Waals surface area (Å²) in [5, 5.41) is 7.29. The fraction of sp³-hybridized carbons (Fsp3) is 0.444. The molecule has 5 heterocycles. The quantitative estimate of drug-likeness (QED) is 0.271. The van der Waals surface area contributed by atoms with Gasteiger partial charge in [0.25, 0.3) is 5.91 Å². The summed E-state index contributed by atoms with van der Waals surface area (Å²) in [5.74, 6) is 0.419. The lowest BCUT2D eigenvalue weighted by atomic mass is 10.1. The van der Waals surface area contributed by atoms with Crippen molar-refractivity contribution < 1.29 is 23.0 Å². The number of fused-ring (bicyclic) bond motifs is 5. The van der Waals surface area contributed by atoms with Crippen LogP contribution in [0.3, 0.4) is 0 Å². The maximum Gasteiger partial charge on any atom is 0.263 e. The van der Waals surface area contributed by atoms with Crippen LogP contribution in [-0.4, -0.2) is 82.0 Å². The number of carbonyl (C=O) groups excluding carboxylic acids is 1. The Balaban J connectivity index is 1.20. The minimum Gasteiger partial charge on any atom is -0.418 e. The van der Waals surface area contributed by atoms with Gasteiger partial charge in [0.05, 0.1) is 35.6 Å². The van der Waals surface area contributed by atoms with E-state index in [1.54, 1.807) is 6.20 Å². The van der Waals surface area contributed by atoms with Gasteiger partial charge in [-0.05, 0) is 43.5 Å². The average molecular weight is 604 g/mol. The second-order valence-electron chi connectivity index (χ2n) is 10.2. The number of nitrogens with zero attached hydrogens (tertiary/aromatic N) is 5. The first-order valence-corrected chi connectivity index (χ1v) is 14.6. The molecule has 2 aliphatic heterocycles. The third kappa shape index (κ3) is 6.03. The summed E-state index contributed by atoms with van der Waals surface area (Å²) in [4.78, 5) is 33.3. The van der Waals surface area contributed by atoms with Crippen LogP contribution < -0.4 is 15.4 Å². The van der Waals surface area contributed by atoms with Crippen LogP contribution in [0, 0.1) is 0 Å². The molecule has 0 bridgehead atoms. The van der Waals surface area contributed by atoms with Gasteiger partial charge in [0, 0.05) is 54.1 Å². The van der Waals surface area contributed by atoms with Crippen molar-refractivity contribution in [3.63, 3.8) is 0 Å². The smallest absolute Gasteiger partial charge is 0.263 e. The van der Waals surface area contributed by atoms with E-state index in [-0.39, 0.29) is 41.7 Å². The number of hydrogen-bond acceptors (Lipinski definition) is 10. The van der Waals surface area contributed by atoms with E-state index in [0.717, 1.165) is 21.3 Å². The summed E-state index contributed by atoms with van der Waals surface area (Å²) >= 11 is 7.52. The summed E-state index contributed by atoms with van der Waals surface area (Å²) in [6.07, 6.45) is 2.89. The van der Waals surface area contributed by atoms with Crippen LogP contribution in [0.4, 0.5) is 14.5 Å². The Bertz CT molecular complexity index is 1580. The lowest BCUT2D eigenvalue weighted by Crippen LogP contribution is -2.37. The Kier molecular flexibility index (Phi) is 8.11.